The summed E-state index contributed by atoms with van der Waals surface area (Å²) in [4.78, 5) is 0. The second kappa shape index (κ2) is 6.08. The number of fused-ring (bicyclic) bond motifs is 3. The number of hydrogen-bond acceptors (Lipinski definition) is 4. The molecule has 0 heterocycles. The summed E-state index contributed by atoms with van der Waals surface area (Å²) in [6.45, 7) is 6.41. The molecule has 0 spiro atoms. The Hall–Kier alpha value is -0.420. The first-order valence-corrected chi connectivity index (χ1v) is 9.48. The first-order chi connectivity index (χ1) is 11.2. The summed E-state index contributed by atoms with van der Waals surface area (Å²) in [6.07, 6.45) is 6.54. The van der Waals surface area contributed by atoms with Crippen LogP contribution in [0.3, 0.4) is 0 Å². The molecule has 0 aliphatic heterocycles. The van der Waals surface area contributed by atoms with Crippen LogP contribution >= 0.6 is 0 Å². The number of allylic oxidation sites excluding steroid dienone is 1. The van der Waals surface area contributed by atoms with Crippen LogP contribution in [0.5, 0.6) is 0 Å². The third-order valence-corrected chi connectivity index (χ3v) is 7.76. The van der Waals surface area contributed by atoms with Gasteiger partial charge >= 0.3 is 0 Å². The van der Waals surface area contributed by atoms with Gasteiger partial charge in [0.25, 0.3) is 0 Å². The van der Waals surface area contributed by atoms with Crippen LogP contribution < -0.4 is 0 Å². The molecule has 1 unspecified atom stereocenters. The lowest BCUT2D eigenvalue weighted by Gasteiger charge is -2.61. The highest BCUT2D eigenvalue weighted by molar-refractivity contribution is 5.25. The van der Waals surface area contributed by atoms with Gasteiger partial charge < -0.3 is 20.4 Å². The quantitative estimate of drug-likeness (QED) is 0.595. The van der Waals surface area contributed by atoms with Gasteiger partial charge in [-0.05, 0) is 61.2 Å². The number of rotatable bonds is 3. The molecule has 3 aliphatic rings. The van der Waals surface area contributed by atoms with Crippen molar-refractivity contribution < 1.29 is 20.4 Å². The summed E-state index contributed by atoms with van der Waals surface area (Å²) in [5.41, 5.74) is 0.843. The van der Waals surface area contributed by atoms with Gasteiger partial charge in [0, 0.05) is 12.0 Å². The average molecular weight is 338 g/mol. The van der Waals surface area contributed by atoms with Crippen molar-refractivity contribution in [2.24, 2.45) is 28.1 Å². The predicted molar refractivity (Wildman–Crippen MR) is 93.3 cm³/mol. The highest BCUT2D eigenvalue weighted by Gasteiger charge is 2.57. The lowest BCUT2D eigenvalue weighted by Crippen LogP contribution is -2.56. The summed E-state index contributed by atoms with van der Waals surface area (Å²) >= 11 is 0. The van der Waals surface area contributed by atoms with E-state index >= 15 is 0 Å². The summed E-state index contributed by atoms with van der Waals surface area (Å²) in [6, 6.07) is 0. The maximum atomic E-state index is 10.5. The van der Waals surface area contributed by atoms with Crippen LogP contribution in [0.2, 0.25) is 0 Å². The second-order valence-corrected chi connectivity index (χ2v) is 9.49. The molecule has 4 N–H and O–H groups in total. The normalized spacial score (nSPS) is 49.8. The third-order valence-electron chi connectivity index (χ3n) is 7.76. The molecular weight excluding hydrogens is 304 g/mol. The van der Waals surface area contributed by atoms with Gasteiger partial charge in [0.05, 0.1) is 18.8 Å². The van der Waals surface area contributed by atoms with E-state index in [1.54, 1.807) is 0 Å². The highest BCUT2D eigenvalue weighted by Crippen LogP contribution is 2.63. The van der Waals surface area contributed by atoms with Crippen LogP contribution in [0, 0.1) is 28.1 Å². The lowest BCUT2D eigenvalue weighted by molar-refractivity contribution is -0.134. The molecule has 3 aliphatic carbocycles. The smallest absolute Gasteiger partial charge is 0.0858 e. The minimum atomic E-state index is -0.712. The molecule has 0 saturated heterocycles. The van der Waals surface area contributed by atoms with E-state index in [1.807, 2.05) is 6.92 Å². The van der Waals surface area contributed by atoms with Crippen molar-refractivity contribution in [3.63, 3.8) is 0 Å². The maximum absolute atomic E-state index is 10.5. The van der Waals surface area contributed by atoms with E-state index in [1.165, 1.54) is 5.57 Å². The Labute approximate surface area is 145 Å². The molecule has 0 aromatic heterocycles. The fraction of sp³-hybridized carbons (Fsp3) is 0.900. The van der Waals surface area contributed by atoms with Crippen LogP contribution in [0.25, 0.3) is 0 Å². The molecule has 2 fully saturated rings. The van der Waals surface area contributed by atoms with Gasteiger partial charge in [-0.3, -0.25) is 0 Å². The van der Waals surface area contributed by atoms with Gasteiger partial charge in [-0.25, -0.2) is 0 Å². The van der Waals surface area contributed by atoms with Crippen LogP contribution in [0.1, 0.15) is 59.3 Å². The number of aliphatic hydroxyl groups excluding tert-OH is 4. The zero-order valence-corrected chi connectivity index (χ0v) is 15.3. The van der Waals surface area contributed by atoms with Crippen molar-refractivity contribution in [2.75, 3.05) is 13.2 Å². The molecule has 3 rings (SSSR count). The van der Waals surface area contributed by atoms with Gasteiger partial charge in [-0.1, -0.05) is 32.4 Å². The Balaban J connectivity index is 1.95. The van der Waals surface area contributed by atoms with E-state index in [2.05, 4.69) is 19.9 Å². The van der Waals surface area contributed by atoms with Gasteiger partial charge in [-0.15, -0.1) is 0 Å². The molecular formula is C20H34O4. The van der Waals surface area contributed by atoms with Crippen LogP contribution in [0.15, 0.2) is 11.6 Å². The summed E-state index contributed by atoms with van der Waals surface area (Å²) < 4.78 is 0. The Morgan fingerprint density at radius 2 is 1.88 bits per heavy atom. The van der Waals surface area contributed by atoms with E-state index in [0.717, 1.165) is 32.1 Å². The number of aliphatic hydroxyl groups is 4. The van der Waals surface area contributed by atoms with Crippen molar-refractivity contribution in [1.29, 1.82) is 0 Å². The van der Waals surface area contributed by atoms with E-state index in [9.17, 15) is 20.4 Å². The van der Waals surface area contributed by atoms with Crippen molar-refractivity contribution in [3.05, 3.63) is 11.6 Å². The summed E-state index contributed by atoms with van der Waals surface area (Å²) in [7, 11) is 0. The topological polar surface area (TPSA) is 80.9 Å². The van der Waals surface area contributed by atoms with E-state index in [0.29, 0.717) is 18.3 Å². The van der Waals surface area contributed by atoms with Crippen molar-refractivity contribution in [3.8, 4) is 0 Å². The molecule has 0 amide bonds. The summed E-state index contributed by atoms with van der Waals surface area (Å²) in [5.74, 6) is 0.837. The summed E-state index contributed by atoms with van der Waals surface area (Å²) in [5, 5.41) is 40.1. The molecule has 7 atom stereocenters. The monoisotopic (exact) mass is 338 g/mol. The average Bonchev–Trinajstić information content (AvgIpc) is 2.52. The zero-order valence-electron chi connectivity index (χ0n) is 15.3. The predicted octanol–water partition coefficient (Wildman–Crippen LogP) is 2.25. The molecule has 0 aromatic carbocycles. The molecule has 2 saturated carbocycles. The lowest BCUT2D eigenvalue weighted by atomic mass is 9.44. The van der Waals surface area contributed by atoms with Crippen molar-refractivity contribution in [2.45, 2.75) is 71.5 Å². The Morgan fingerprint density at radius 1 is 1.17 bits per heavy atom. The Kier molecular flexibility index (Phi) is 4.66. The van der Waals surface area contributed by atoms with Crippen molar-refractivity contribution >= 4 is 0 Å². The van der Waals surface area contributed by atoms with Gasteiger partial charge in [0.1, 0.15) is 0 Å². The molecule has 4 heteroatoms. The molecule has 4 nitrogen and oxygen atoms in total. The molecule has 0 aromatic rings. The zero-order chi connectivity index (χ0) is 17.8. The molecule has 0 radical (unpaired) electrons. The largest absolute Gasteiger partial charge is 0.396 e. The van der Waals surface area contributed by atoms with E-state index in [4.69, 9.17) is 0 Å². The molecule has 0 bridgehead atoms. The Bertz CT molecular complexity index is 518. The molecule has 24 heavy (non-hydrogen) atoms. The van der Waals surface area contributed by atoms with E-state index in [-0.39, 0.29) is 35.6 Å². The second-order valence-electron chi connectivity index (χ2n) is 9.49. The van der Waals surface area contributed by atoms with Crippen LogP contribution in [-0.2, 0) is 0 Å². The fourth-order valence-electron chi connectivity index (χ4n) is 6.46. The standard InChI is InChI=1S/C20H34O4/c1-18(17(24)11-21)7-6-15-13(8-18)4-5-16-19(2,12-22)9-14(23)10-20(15,16)3/h8,14-17,21-24H,4-7,9-12H2,1-3H3/t14-,15-,16-,17?,18+,19+,20+/m0/s1. The molecule has 138 valence electrons. The van der Waals surface area contributed by atoms with E-state index < -0.39 is 6.10 Å². The number of hydrogen-bond donors (Lipinski definition) is 4. The van der Waals surface area contributed by atoms with Crippen LogP contribution in [0.4, 0.5) is 0 Å². The maximum Gasteiger partial charge on any atom is 0.0858 e. The Morgan fingerprint density at radius 3 is 2.50 bits per heavy atom. The van der Waals surface area contributed by atoms with Gasteiger partial charge in [0.15, 0.2) is 0 Å². The van der Waals surface area contributed by atoms with Crippen molar-refractivity contribution in [1.82, 2.24) is 0 Å². The third kappa shape index (κ3) is 2.66. The van der Waals surface area contributed by atoms with Crippen LogP contribution in [-0.4, -0.2) is 45.8 Å². The fourth-order valence-corrected chi connectivity index (χ4v) is 6.46. The van der Waals surface area contributed by atoms with Gasteiger partial charge in [-0.2, -0.15) is 0 Å². The minimum Gasteiger partial charge on any atom is -0.396 e. The minimum absolute atomic E-state index is 0.00469. The first-order valence-electron chi connectivity index (χ1n) is 9.48. The SMILES string of the molecule is C[C@]1(CO)C[C@H](O)C[C@]2(C)[C@H]3CC[C@@](C)(C(O)CO)C=C3CC[C@@H]12. The highest BCUT2D eigenvalue weighted by atomic mass is 16.3. The van der Waals surface area contributed by atoms with Gasteiger partial charge in [0.2, 0.25) is 0 Å². The first kappa shape index (κ1) is 18.4.